The van der Waals surface area contributed by atoms with E-state index >= 15 is 0 Å². The van der Waals surface area contributed by atoms with E-state index in [-0.39, 0.29) is 10.3 Å². The molecule has 0 heterocycles. The highest BCUT2D eigenvalue weighted by molar-refractivity contribution is 7.89. The average molecular weight is 563 g/mol. The molecule has 0 amide bonds. The largest absolute Gasteiger partial charge is 0.378 e. The van der Waals surface area contributed by atoms with Gasteiger partial charge in [0.05, 0.1) is 18.3 Å². The molecule has 1 N–H and O–H groups in total. The van der Waals surface area contributed by atoms with Crippen molar-refractivity contribution >= 4 is 48.0 Å². The zero-order chi connectivity index (χ0) is 27.7. The highest BCUT2D eigenvalue weighted by atomic mass is 32.2. The van der Waals surface area contributed by atoms with E-state index in [0.29, 0.717) is 0 Å². The van der Waals surface area contributed by atoms with Gasteiger partial charge in [0.2, 0.25) is 8.32 Å². The maximum Gasteiger partial charge on any atom is 0.294 e. The molecule has 0 aromatic heterocycles. The van der Waals surface area contributed by atoms with Crippen LogP contribution in [0.1, 0.15) is 0 Å². The van der Waals surface area contributed by atoms with Gasteiger partial charge in [0.25, 0.3) is 20.2 Å². The van der Waals surface area contributed by atoms with E-state index in [9.17, 15) is 16.8 Å². The van der Waals surface area contributed by atoms with Crippen LogP contribution < -0.4 is 9.80 Å². The smallest absolute Gasteiger partial charge is 0.294 e. The monoisotopic (exact) mass is 562 g/mol. The maximum absolute atomic E-state index is 11.5. The van der Waals surface area contributed by atoms with Crippen LogP contribution in [0.15, 0.2) is 59.5 Å². The van der Waals surface area contributed by atoms with E-state index < -0.39 is 36.6 Å². The topological polar surface area (TPSA) is 104 Å². The van der Waals surface area contributed by atoms with E-state index in [1.54, 1.807) is 12.1 Å². The van der Waals surface area contributed by atoms with E-state index in [2.05, 4.69) is 17.0 Å². The number of rotatable bonds is 7. The Balaban J connectivity index is 0.000000504. The van der Waals surface area contributed by atoms with Gasteiger partial charge in [-0.3, -0.25) is 4.55 Å². The van der Waals surface area contributed by atoms with Gasteiger partial charge in [0.1, 0.15) is 0 Å². The molecule has 8 nitrogen and oxygen atoms in total. The number of para-hydroxylation sites is 1. The molecular formula is C23H42N2O6S2Si2. The Morgan fingerprint density at radius 1 is 0.714 bits per heavy atom. The normalized spacial score (nSPS) is 12.0. The Labute approximate surface area is 214 Å². The van der Waals surface area contributed by atoms with Crippen molar-refractivity contribution in [3.8, 4) is 0 Å². The molecule has 0 radical (unpaired) electrons. The molecule has 0 spiro atoms. The fourth-order valence-electron chi connectivity index (χ4n) is 2.58. The lowest BCUT2D eigenvalue weighted by molar-refractivity contribution is 0.482. The van der Waals surface area contributed by atoms with E-state index in [0.717, 1.165) is 5.69 Å². The van der Waals surface area contributed by atoms with Gasteiger partial charge in [-0.2, -0.15) is 8.42 Å². The van der Waals surface area contributed by atoms with Gasteiger partial charge >= 0.3 is 0 Å². The van der Waals surface area contributed by atoms with Crippen LogP contribution in [0.5, 0.6) is 0 Å². The fraction of sp³-hybridized carbons (Fsp3) is 0.478. The molecular weight excluding hydrogens is 521 g/mol. The first-order valence-electron chi connectivity index (χ1n) is 11.0. The summed E-state index contributed by atoms with van der Waals surface area (Å²) in [6.45, 7) is 11.7. The third-order valence-corrected chi connectivity index (χ3v) is 12.7. The first kappa shape index (κ1) is 33.3. The lowest BCUT2D eigenvalue weighted by Gasteiger charge is -2.21. The Morgan fingerprint density at radius 3 is 1.40 bits per heavy atom. The molecule has 2 aromatic rings. The molecule has 2 rings (SSSR count). The summed E-state index contributed by atoms with van der Waals surface area (Å²) in [6, 6.07) is 16.2. The fourth-order valence-corrected chi connectivity index (χ4v) is 11.1. The third-order valence-electron chi connectivity index (χ3n) is 3.91. The summed E-state index contributed by atoms with van der Waals surface area (Å²) in [6.07, 6.45) is 0. The molecule has 0 unspecified atom stereocenters. The first-order chi connectivity index (χ1) is 15.6. The number of nitrogens with zero attached hydrogens (tertiary/aromatic N) is 2. The van der Waals surface area contributed by atoms with Gasteiger partial charge in [-0.15, -0.1) is 0 Å². The van der Waals surface area contributed by atoms with Gasteiger partial charge < -0.3 is 13.7 Å². The summed E-state index contributed by atoms with van der Waals surface area (Å²) < 4.78 is 58.2. The van der Waals surface area contributed by atoms with Crippen LogP contribution in [0.2, 0.25) is 39.3 Å². The van der Waals surface area contributed by atoms with E-state index in [1.807, 2.05) is 90.6 Å². The second kappa shape index (κ2) is 13.6. The van der Waals surface area contributed by atoms with Gasteiger partial charge in [-0.05, 0) is 56.0 Å². The summed E-state index contributed by atoms with van der Waals surface area (Å²) in [5.74, 6) is 0. The standard InChI is InChI=1S/C8H11NO3S.C8H11N.C7H20O3SSi2/c1-9(2)7-3-5-8(6-4-7)13(10,11)12;1-9(2)8-6-4-3-5-7-8;1-12(2,3)7-11(8,9)10-13(4,5)6/h3-6H,1-2H3,(H,10,11,12);3-7H,1-2H3;7H2,1-6H3. The minimum atomic E-state index is -4.06. The zero-order valence-electron chi connectivity index (χ0n) is 22.6. The number of benzene rings is 2. The van der Waals surface area contributed by atoms with Crippen LogP contribution in [-0.4, -0.2) is 71.3 Å². The minimum Gasteiger partial charge on any atom is -0.378 e. The zero-order valence-corrected chi connectivity index (χ0v) is 26.2. The van der Waals surface area contributed by atoms with E-state index in [4.69, 9.17) is 8.42 Å². The third kappa shape index (κ3) is 16.6. The molecule has 0 fully saturated rings. The maximum atomic E-state index is 11.5. The number of hydrogen-bond acceptors (Lipinski definition) is 7. The Bertz CT molecular complexity index is 1070. The van der Waals surface area contributed by atoms with Crippen LogP contribution in [0.25, 0.3) is 0 Å². The van der Waals surface area contributed by atoms with Crippen molar-refractivity contribution in [1.29, 1.82) is 0 Å². The second-order valence-electron chi connectivity index (χ2n) is 10.6. The molecule has 0 aliphatic carbocycles. The first-order valence-corrected chi connectivity index (χ1v) is 21.2. The molecule has 0 aliphatic rings. The molecule has 0 bridgehead atoms. The van der Waals surface area contributed by atoms with Crippen molar-refractivity contribution in [3.63, 3.8) is 0 Å². The van der Waals surface area contributed by atoms with Crippen molar-refractivity contribution in [2.75, 3.05) is 43.4 Å². The van der Waals surface area contributed by atoms with Crippen molar-refractivity contribution in [1.82, 2.24) is 0 Å². The summed E-state index contributed by atoms with van der Waals surface area (Å²) in [5, 5.41) is 0.226. The van der Waals surface area contributed by atoms with Gasteiger partial charge in [-0.1, -0.05) is 37.8 Å². The van der Waals surface area contributed by atoms with Crippen molar-refractivity contribution < 1.29 is 25.3 Å². The summed E-state index contributed by atoms with van der Waals surface area (Å²) in [4.78, 5) is 3.84. The Kier molecular flexibility index (Phi) is 12.9. The molecule has 0 saturated carbocycles. The summed E-state index contributed by atoms with van der Waals surface area (Å²) in [5.41, 5.74) is 2.13. The Hall–Kier alpha value is -1.71. The van der Waals surface area contributed by atoms with Gasteiger partial charge in [0.15, 0.2) is 0 Å². The minimum absolute atomic E-state index is 0.0851. The van der Waals surface area contributed by atoms with Crippen LogP contribution in [0, 0.1) is 0 Å². The molecule has 200 valence electrons. The van der Waals surface area contributed by atoms with Crippen LogP contribution in [0.3, 0.4) is 0 Å². The molecule has 12 heteroatoms. The number of anilines is 2. The lowest BCUT2D eigenvalue weighted by atomic mass is 10.3. The second-order valence-corrected chi connectivity index (χ2v) is 24.3. The molecule has 35 heavy (non-hydrogen) atoms. The highest BCUT2D eigenvalue weighted by Gasteiger charge is 2.29. The van der Waals surface area contributed by atoms with Crippen LogP contribution in [-0.2, 0) is 24.1 Å². The van der Waals surface area contributed by atoms with Crippen LogP contribution in [0.4, 0.5) is 11.4 Å². The summed E-state index contributed by atoms with van der Waals surface area (Å²) >= 11 is 0. The molecule has 0 atom stereocenters. The van der Waals surface area contributed by atoms with Gasteiger partial charge in [0, 0.05) is 39.6 Å². The van der Waals surface area contributed by atoms with Crippen molar-refractivity contribution in [2.24, 2.45) is 0 Å². The Morgan fingerprint density at radius 2 is 1.11 bits per heavy atom. The molecule has 0 saturated heterocycles. The van der Waals surface area contributed by atoms with Crippen molar-refractivity contribution in [3.05, 3.63) is 54.6 Å². The lowest BCUT2D eigenvalue weighted by Crippen LogP contribution is -2.38. The number of hydrogen-bond donors (Lipinski definition) is 1. The SMILES string of the molecule is CN(C)c1ccc(S(=O)(=O)O)cc1.CN(C)c1ccccc1.C[Si](C)(C)CS(=O)(=O)O[Si](C)(C)C. The quantitative estimate of drug-likeness (QED) is 0.379. The predicted octanol–water partition coefficient (Wildman–Crippen LogP) is 4.80. The molecule has 2 aromatic carbocycles. The van der Waals surface area contributed by atoms with Crippen molar-refractivity contribution in [2.45, 2.75) is 44.2 Å². The average Bonchev–Trinajstić information content (AvgIpc) is 2.65. The molecule has 0 aliphatic heterocycles. The van der Waals surface area contributed by atoms with Gasteiger partial charge in [-0.25, -0.2) is 8.42 Å². The highest BCUT2D eigenvalue weighted by Crippen LogP contribution is 2.15. The predicted molar refractivity (Wildman–Crippen MR) is 153 cm³/mol. The summed E-state index contributed by atoms with van der Waals surface area (Å²) in [7, 11) is -3.11. The van der Waals surface area contributed by atoms with E-state index in [1.165, 1.54) is 17.8 Å². The van der Waals surface area contributed by atoms with Crippen LogP contribution >= 0.6 is 0 Å².